The molecule has 0 radical (unpaired) electrons. The molecule has 0 spiro atoms. The zero-order chi connectivity index (χ0) is 23.6. The van der Waals surface area contributed by atoms with E-state index in [0.29, 0.717) is 12.3 Å². The van der Waals surface area contributed by atoms with Crippen molar-refractivity contribution in [1.82, 2.24) is 10.2 Å². The van der Waals surface area contributed by atoms with Crippen molar-refractivity contribution in [3.05, 3.63) is 83.9 Å². The summed E-state index contributed by atoms with van der Waals surface area (Å²) in [6, 6.07) is 23.2. The molecule has 172 valence electrons. The molecule has 0 aliphatic heterocycles. The van der Waals surface area contributed by atoms with Crippen molar-refractivity contribution < 1.29 is 14.3 Å². The number of ether oxygens (including phenoxy) is 1. The number of anilines is 1. The summed E-state index contributed by atoms with van der Waals surface area (Å²) < 4.78 is 5.68. The summed E-state index contributed by atoms with van der Waals surface area (Å²) in [5.41, 5.74) is 4.83. The monoisotopic (exact) mass is 445 g/mol. The Balaban J connectivity index is 1.48. The smallest absolute Gasteiger partial charge is 0.313 e. The van der Waals surface area contributed by atoms with E-state index in [1.54, 1.807) is 24.3 Å². The topological polar surface area (TPSA) is 70.7 Å². The number of benzene rings is 3. The molecule has 3 aromatic carbocycles. The molecule has 6 heteroatoms. The third-order valence-corrected chi connectivity index (χ3v) is 5.07. The van der Waals surface area contributed by atoms with E-state index in [4.69, 9.17) is 4.74 Å². The molecular weight excluding hydrogens is 414 g/mol. The fraction of sp³-hybridized carbons (Fsp3) is 0.259. The van der Waals surface area contributed by atoms with Crippen LogP contribution in [0, 0.1) is 6.92 Å². The molecule has 3 aromatic rings. The quantitative estimate of drug-likeness (QED) is 0.382. The Labute approximate surface area is 195 Å². The maximum atomic E-state index is 12.3. The summed E-state index contributed by atoms with van der Waals surface area (Å²) >= 11 is 0. The lowest BCUT2D eigenvalue weighted by Crippen LogP contribution is -2.34. The maximum absolute atomic E-state index is 12.3. The van der Waals surface area contributed by atoms with E-state index in [1.807, 2.05) is 44.4 Å². The van der Waals surface area contributed by atoms with Crippen LogP contribution in [-0.2, 0) is 16.1 Å². The highest BCUT2D eigenvalue weighted by Gasteiger charge is 2.13. The van der Waals surface area contributed by atoms with E-state index >= 15 is 0 Å². The number of carbonyl (C=O) groups is 2. The number of carbonyl (C=O) groups excluding carboxylic acids is 2. The van der Waals surface area contributed by atoms with Crippen LogP contribution in [0.5, 0.6) is 5.75 Å². The van der Waals surface area contributed by atoms with Crippen LogP contribution in [0.15, 0.2) is 72.8 Å². The molecule has 2 amide bonds. The van der Waals surface area contributed by atoms with Gasteiger partial charge in [0.1, 0.15) is 5.75 Å². The van der Waals surface area contributed by atoms with Crippen LogP contribution in [0.25, 0.3) is 11.1 Å². The standard InChI is InChI=1S/C27H31N3O3/c1-20-7-4-9-22(17-20)23-10-5-8-21(18-23)19-28-26(31)27(32)29-24-11-13-25(14-12-24)33-16-6-15-30(2)3/h4-5,7-14,17-18H,6,15-16,19H2,1-3H3,(H,28,31)(H,29,32). The van der Waals surface area contributed by atoms with Gasteiger partial charge in [0, 0.05) is 18.8 Å². The summed E-state index contributed by atoms with van der Waals surface area (Å²) in [7, 11) is 4.05. The number of amides is 2. The number of nitrogens with one attached hydrogen (secondary N) is 2. The van der Waals surface area contributed by atoms with Crippen LogP contribution in [0.4, 0.5) is 5.69 Å². The van der Waals surface area contributed by atoms with Gasteiger partial charge < -0.3 is 20.3 Å². The third kappa shape index (κ3) is 7.77. The lowest BCUT2D eigenvalue weighted by atomic mass is 10.0. The minimum atomic E-state index is -0.704. The van der Waals surface area contributed by atoms with Gasteiger partial charge in [-0.3, -0.25) is 9.59 Å². The van der Waals surface area contributed by atoms with Gasteiger partial charge in [-0.05, 0) is 74.5 Å². The normalized spacial score (nSPS) is 10.7. The van der Waals surface area contributed by atoms with Crippen molar-refractivity contribution in [2.75, 3.05) is 32.6 Å². The molecule has 0 bridgehead atoms. The minimum absolute atomic E-state index is 0.269. The van der Waals surface area contributed by atoms with Crippen molar-refractivity contribution in [3.63, 3.8) is 0 Å². The molecule has 0 unspecified atom stereocenters. The van der Waals surface area contributed by atoms with Crippen LogP contribution in [-0.4, -0.2) is 44.0 Å². The molecule has 0 aromatic heterocycles. The fourth-order valence-corrected chi connectivity index (χ4v) is 3.34. The lowest BCUT2D eigenvalue weighted by Gasteiger charge is -2.11. The van der Waals surface area contributed by atoms with Gasteiger partial charge in [-0.25, -0.2) is 0 Å². The molecule has 6 nitrogen and oxygen atoms in total. The molecule has 0 aliphatic rings. The first kappa shape index (κ1) is 24.0. The number of hydrogen-bond acceptors (Lipinski definition) is 4. The highest BCUT2D eigenvalue weighted by molar-refractivity contribution is 6.39. The van der Waals surface area contributed by atoms with Gasteiger partial charge in [0.05, 0.1) is 6.61 Å². The SMILES string of the molecule is Cc1cccc(-c2cccc(CNC(=O)C(=O)Nc3ccc(OCCCN(C)C)cc3)c2)c1. The predicted molar refractivity (Wildman–Crippen MR) is 132 cm³/mol. The highest BCUT2D eigenvalue weighted by atomic mass is 16.5. The lowest BCUT2D eigenvalue weighted by molar-refractivity contribution is -0.136. The van der Waals surface area contributed by atoms with Crippen LogP contribution < -0.4 is 15.4 Å². The van der Waals surface area contributed by atoms with Gasteiger partial charge in [0.2, 0.25) is 0 Å². The Bertz CT molecular complexity index is 1080. The maximum Gasteiger partial charge on any atom is 0.313 e. The van der Waals surface area contributed by atoms with E-state index in [1.165, 1.54) is 5.56 Å². The molecule has 0 aliphatic carbocycles. The summed E-state index contributed by atoms with van der Waals surface area (Å²) in [6.07, 6.45) is 0.930. The van der Waals surface area contributed by atoms with Gasteiger partial charge in [-0.1, -0.05) is 48.0 Å². The number of nitrogens with zero attached hydrogens (tertiary/aromatic N) is 1. The first-order chi connectivity index (χ1) is 15.9. The Morgan fingerprint density at radius 1 is 0.879 bits per heavy atom. The number of rotatable bonds is 9. The summed E-state index contributed by atoms with van der Waals surface area (Å²) in [5.74, 6) is -0.658. The molecule has 0 saturated carbocycles. The van der Waals surface area contributed by atoms with E-state index in [-0.39, 0.29) is 6.54 Å². The van der Waals surface area contributed by atoms with Crippen molar-refractivity contribution >= 4 is 17.5 Å². The Morgan fingerprint density at radius 2 is 1.58 bits per heavy atom. The summed E-state index contributed by atoms with van der Waals surface area (Å²) in [6.45, 7) is 3.90. The van der Waals surface area contributed by atoms with Gasteiger partial charge in [-0.15, -0.1) is 0 Å². The molecule has 0 fully saturated rings. The number of hydrogen-bond donors (Lipinski definition) is 2. The van der Waals surface area contributed by atoms with Crippen LogP contribution >= 0.6 is 0 Å². The average molecular weight is 446 g/mol. The van der Waals surface area contributed by atoms with E-state index < -0.39 is 11.8 Å². The Kier molecular flexibility index (Phi) is 8.61. The predicted octanol–water partition coefficient (Wildman–Crippen LogP) is 4.25. The largest absolute Gasteiger partial charge is 0.494 e. The number of aryl methyl sites for hydroxylation is 1. The first-order valence-electron chi connectivity index (χ1n) is 11.0. The van der Waals surface area contributed by atoms with Crippen molar-refractivity contribution in [2.24, 2.45) is 0 Å². The zero-order valence-electron chi connectivity index (χ0n) is 19.4. The van der Waals surface area contributed by atoms with Gasteiger partial charge >= 0.3 is 11.8 Å². The molecule has 2 N–H and O–H groups in total. The molecule has 0 saturated heterocycles. The third-order valence-electron chi connectivity index (χ3n) is 5.07. The van der Waals surface area contributed by atoms with Crippen LogP contribution in [0.3, 0.4) is 0 Å². The molecule has 0 heterocycles. The first-order valence-corrected chi connectivity index (χ1v) is 11.0. The minimum Gasteiger partial charge on any atom is -0.494 e. The fourth-order valence-electron chi connectivity index (χ4n) is 3.34. The van der Waals surface area contributed by atoms with Gasteiger partial charge in [0.15, 0.2) is 0 Å². The van der Waals surface area contributed by atoms with E-state index in [9.17, 15) is 9.59 Å². The van der Waals surface area contributed by atoms with Crippen LogP contribution in [0.1, 0.15) is 17.5 Å². The van der Waals surface area contributed by atoms with Crippen LogP contribution in [0.2, 0.25) is 0 Å². The molecule has 33 heavy (non-hydrogen) atoms. The van der Waals surface area contributed by atoms with Gasteiger partial charge in [0.25, 0.3) is 0 Å². The van der Waals surface area contributed by atoms with Crippen molar-refractivity contribution in [2.45, 2.75) is 19.9 Å². The van der Waals surface area contributed by atoms with E-state index in [2.05, 4.69) is 40.7 Å². The van der Waals surface area contributed by atoms with Crippen molar-refractivity contribution in [3.8, 4) is 16.9 Å². The second-order valence-electron chi connectivity index (χ2n) is 8.24. The molecular formula is C27H31N3O3. The molecule has 0 atom stereocenters. The zero-order valence-corrected chi connectivity index (χ0v) is 19.4. The van der Waals surface area contributed by atoms with Gasteiger partial charge in [-0.2, -0.15) is 0 Å². The summed E-state index contributed by atoms with van der Waals surface area (Å²) in [4.78, 5) is 26.6. The highest BCUT2D eigenvalue weighted by Crippen LogP contribution is 2.21. The average Bonchev–Trinajstić information content (AvgIpc) is 2.81. The second kappa shape index (κ2) is 11.8. The summed E-state index contributed by atoms with van der Waals surface area (Å²) in [5, 5.41) is 5.30. The van der Waals surface area contributed by atoms with Crippen molar-refractivity contribution in [1.29, 1.82) is 0 Å². The Morgan fingerprint density at radius 3 is 2.27 bits per heavy atom. The second-order valence-corrected chi connectivity index (χ2v) is 8.24. The van der Waals surface area contributed by atoms with E-state index in [0.717, 1.165) is 35.4 Å². The molecule has 3 rings (SSSR count). The Hall–Kier alpha value is -3.64.